The van der Waals surface area contributed by atoms with Gasteiger partial charge in [0.1, 0.15) is 5.60 Å². The number of rotatable bonds is 7. The van der Waals surface area contributed by atoms with Gasteiger partial charge in [-0.25, -0.2) is 0 Å². The summed E-state index contributed by atoms with van der Waals surface area (Å²) in [6.07, 6.45) is -4.08. The van der Waals surface area contributed by atoms with E-state index in [2.05, 4.69) is 10.1 Å². The molecule has 0 amide bonds. The highest BCUT2D eigenvalue weighted by molar-refractivity contribution is 5.40. The number of ether oxygens (including phenoxy) is 2. The molecule has 0 bridgehead atoms. The molecule has 1 rings (SSSR count). The number of hydrogen-bond donors (Lipinski definition) is 1. The second-order valence-corrected chi connectivity index (χ2v) is 4.68. The third-order valence-electron chi connectivity index (χ3n) is 2.93. The third kappa shape index (κ3) is 5.28. The van der Waals surface area contributed by atoms with Crippen LogP contribution >= 0.6 is 0 Å². The van der Waals surface area contributed by atoms with Crippen LogP contribution in [-0.4, -0.2) is 25.1 Å². The van der Waals surface area contributed by atoms with Gasteiger partial charge in [-0.15, -0.1) is 13.2 Å². The van der Waals surface area contributed by atoms with E-state index in [1.54, 1.807) is 6.07 Å². The van der Waals surface area contributed by atoms with Gasteiger partial charge < -0.3 is 14.8 Å². The molecule has 1 aromatic rings. The maximum Gasteiger partial charge on any atom is 0.573 e. The smallest absolute Gasteiger partial charge is 0.482 e. The molecular formula is C14H20F3NO2. The van der Waals surface area contributed by atoms with E-state index < -0.39 is 12.0 Å². The van der Waals surface area contributed by atoms with Crippen LogP contribution in [0.15, 0.2) is 24.3 Å². The van der Waals surface area contributed by atoms with Gasteiger partial charge in [-0.3, -0.25) is 0 Å². The highest BCUT2D eigenvalue weighted by Gasteiger charge is 2.33. The van der Waals surface area contributed by atoms with E-state index in [-0.39, 0.29) is 11.5 Å². The number of alkyl halides is 3. The van der Waals surface area contributed by atoms with Crippen LogP contribution < -0.4 is 14.8 Å². The predicted octanol–water partition coefficient (Wildman–Crippen LogP) is 3.74. The highest BCUT2D eigenvalue weighted by atomic mass is 19.4. The molecule has 0 heterocycles. The summed E-state index contributed by atoms with van der Waals surface area (Å²) in [6.45, 7) is 7.03. The van der Waals surface area contributed by atoms with Crippen LogP contribution in [0.25, 0.3) is 0 Å². The molecule has 6 heteroatoms. The van der Waals surface area contributed by atoms with Crippen LogP contribution in [0.4, 0.5) is 13.2 Å². The quantitative estimate of drug-likeness (QED) is 0.830. The SMILES string of the molecule is CCNCC(C)(CC)Oc1ccccc1OC(F)(F)F. The topological polar surface area (TPSA) is 30.5 Å². The first-order valence-electron chi connectivity index (χ1n) is 6.54. The van der Waals surface area contributed by atoms with Crippen molar-refractivity contribution in [2.75, 3.05) is 13.1 Å². The van der Waals surface area contributed by atoms with Crippen molar-refractivity contribution in [3.8, 4) is 11.5 Å². The molecule has 1 aromatic carbocycles. The molecular weight excluding hydrogens is 271 g/mol. The van der Waals surface area contributed by atoms with Crippen LogP contribution in [0.2, 0.25) is 0 Å². The fourth-order valence-electron chi connectivity index (χ4n) is 1.63. The van der Waals surface area contributed by atoms with Crippen LogP contribution in [-0.2, 0) is 0 Å². The second-order valence-electron chi connectivity index (χ2n) is 4.68. The molecule has 1 atom stereocenters. The Morgan fingerprint density at radius 3 is 2.05 bits per heavy atom. The summed E-state index contributed by atoms with van der Waals surface area (Å²) in [4.78, 5) is 0. The zero-order valence-electron chi connectivity index (χ0n) is 11.9. The normalized spacial score (nSPS) is 14.7. The van der Waals surface area contributed by atoms with Crippen molar-refractivity contribution >= 4 is 0 Å². The molecule has 0 aliphatic rings. The van der Waals surface area contributed by atoms with E-state index in [0.717, 1.165) is 6.54 Å². The first-order valence-corrected chi connectivity index (χ1v) is 6.54. The van der Waals surface area contributed by atoms with Crippen molar-refractivity contribution in [1.29, 1.82) is 0 Å². The Kier molecular flexibility index (Phi) is 5.68. The van der Waals surface area contributed by atoms with E-state index >= 15 is 0 Å². The van der Waals surface area contributed by atoms with Crippen molar-refractivity contribution in [2.24, 2.45) is 0 Å². The van der Waals surface area contributed by atoms with Gasteiger partial charge in [-0.05, 0) is 32.0 Å². The lowest BCUT2D eigenvalue weighted by Gasteiger charge is -2.30. The van der Waals surface area contributed by atoms with Gasteiger partial charge in [0.05, 0.1) is 0 Å². The van der Waals surface area contributed by atoms with E-state index in [0.29, 0.717) is 13.0 Å². The van der Waals surface area contributed by atoms with Gasteiger partial charge in [-0.1, -0.05) is 26.0 Å². The number of halogens is 3. The van der Waals surface area contributed by atoms with Gasteiger partial charge in [0.25, 0.3) is 0 Å². The molecule has 0 spiro atoms. The van der Waals surface area contributed by atoms with Crippen molar-refractivity contribution in [2.45, 2.75) is 39.2 Å². The van der Waals surface area contributed by atoms with Gasteiger partial charge in [0.2, 0.25) is 0 Å². The molecule has 1 N–H and O–H groups in total. The van der Waals surface area contributed by atoms with E-state index in [1.165, 1.54) is 18.2 Å². The number of likely N-dealkylation sites (N-methyl/N-ethyl adjacent to an activating group) is 1. The minimum atomic E-state index is -4.73. The van der Waals surface area contributed by atoms with Gasteiger partial charge >= 0.3 is 6.36 Å². The lowest BCUT2D eigenvalue weighted by molar-refractivity contribution is -0.275. The van der Waals surface area contributed by atoms with Crippen molar-refractivity contribution < 1.29 is 22.6 Å². The van der Waals surface area contributed by atoms with E-state index in [9.17, 15) is 13.2 Å². The number of hydrogen-bond acceptors (Lipinski definition) is 3. The summed E-state index contributed by atoms with van der Waals surface area (Å²) >= 11 is 0. The minimum absolute atomic E-state index is 0.0899. The fraction of sp³-hybridized carbons (Fsp3) is 0.571. The Labute approximate surface area is 117 Å². The molecule has 0 aliphatic heterocycles. The molecule has 0 fully saturated rings. The predicted molar refractivity (Wildman–Crippen MR) is 71.0 cm³/mol. The number of benzene rings is 1. The lowest BCUT2D eigenvalue weighted by atomic mass is 10.0. The zero-order chi connectivity index (χ0) is 15.2. The van der Waals surface area contributed by atoms with Gasteiger partial charge in [-0.2, -0.15) is 0 Å². The first kappa shape index (κ1) is 16.6. The summed E-state index contributed by atoms with van der Waals surface area (Å²) in [5, 5.41) is 3.14. The second kappa shape index (κ2) is 6.83. The van der Waals surface area contributed by atoms with Gasteiger partial charge in [0, 0.05) is 6.54 Å². The monoisotopic (exact) mass is 291 g/mol. The van der Waals surface area contributed by atoms with Crippen molar-refractivity contribution in [3.05, 3.63) is 24.3 Å². The molecule has 0 aromatic heterocycles. The van der Waals surface area contributed by atoms with E-state index in [1.807, 2.05) is 20.8 Å². The summed E-state index contributed by atoms with van der Waals surface area (Å²) in [6, 6.07) is 5.80. The van der Waals surface area contributed by atoms with Crippen LogP contribution in [0.3, 0.4) is 0 Å². The number of nitrogens with one attached hydrogen (secondary N) is 1. The van der Waals surface area contributed by atoms with Crippen molar-refractivity contribution in [1.82, 2.24) is 5.32 Å². The minimum Gasteiger partial charge on any atom is -0.482 e. The molecule has 0 radical (unpaired) electrons. The Balaban J connectivity index is 2.90. The van der Waals surface area contributed by atoms with Crippen LogP contribution in [0.1, 0.15) is 27.2 Å². The molecule has 0 aliphatic carbocycles. The summed E-state index contributed by atoms with van der Waals surface area (Å²) in [7, 11) is 0. The van der Waals surface area contributed by atoms with Crippen LogP contribution in [0, 0.1) is 0 Å². The Morgan fingerprint density at radius 2 is 1.60 bits per heavy atom. The summed E-state index contributed by atoms with van der Waals surface area (Å²) in [5.74, 6) is -0.233. The maximum absolute atomic E-state index is 12.3. The Hall–Kier alpha value is -1.43. The first-order chi connectivity index (χ1) is 9.29. The lowest BCUT2D eigenvalue weighted by Crippen LogP contribution is -2.42. The van der Waals surface area contributed by atoms with Crippen molar-refractivity contribution in [3.63, 3.8) is 0 Å². The molecule has 3 nitrogen and oxygen atoms in total. The maximum atomic E-state index is 12.3. The molecule has 114 valence electrons. The average molecular weight is 291 g/mol. The molecule has 0 saturated heterocycles. The Morgan fingerprint density at radius 1 is 1.05 bits per heavy atom. The summed E-state index contributed by atoms with van der Waals surface area (Å²) < 4.78 is 46.8. The standard InChI is InChI=1S/C14H20F3NO2/c1-4-13(3,10-18-5-2)19-11-8-6-7-9-12(11)20-14(15,16)17/h6-9,18H,4-5,10H2,1-3H3. The molecule has 20 heavy (non-hydrogen) atoms. The fourth-order valence-corrected chi connectivity index (χ4v) is 1.63. The number of para-hydroxylation sites is 2. The average Bonchev–Trinajstić information content (AvgIpc) is 2.37. The third-order valence-corrected chi connectivity index (χ3v) is 2.93. The molecule has 0 saturated carbocycles. The van der Waals surface area contributed by atoms with E-state index in [4.69, 9.17) is 4.74 Å². The molecule has 1 unspecified atom stereocenters. The van der Waals surface area contributed by atoms with Gasteiger partial charge in [0.15, 0.2) is 11.5 Å². The zero-order valence-corrected chi connectivity index (χ0v) is 11.9. The largest absolute Gasteiger partial charge is 0.573 e. The highest BCUT2D eigenvalue weighted by Crippen LogP contribution is 2.34. The Bertz CT molecular complexity index is 423. The van der Waals surface area contributed by atoms with Crippen LogP contribution in [0.5, 0.6) is 11.5 Å². The summed E-state index contributed by atoms with van der Waals surface area (Å²) in [5.41, 5.74) is -0.596.